The van der Waals surface area contributed by atoms with Crippen molar-refractivity contribution in [3.8, 4) is 0 Å². The Hall–Kier alpha value is -2.03. The molecule has 1 amide bonds. The molecule has 0 saturated carbocycles. The Balaban J connectivity index is 1.95. The van der Waals surface area contributed by atoms with Gasteiger partial charge in [-0.3, -0.25) is 4.79 Å². The van der Waals surface area contributed by atoms with Crippen LogP contribution in [-0.4, -0.2) is 30.6 Å². The predicted molar refractivity (Wildman–Crippen MR) is 62.8 cm³/mol. The summed E-state index contributed by atoms with van der Waals surface area (Å²) in [5, 5.41) is 6.35. The standard InChI is InChI=1S/C8H8BrN7O/c9-5-1-12-6(2-11-5)14-7(17)3-16-4-13-8(10)15-16/h1-2,4H,3H2,(H2,10,15)(H,12,14,17). The van der Waals surface area contributed by atoms with Gasteiger partial charge in [0.25, 0.3) is 0 Å². The number of nitrogen functional groups attached to an aromatic ring is 1. The fraction of sp³-hybridized carbons (Fsp3) is 0.125. The van der Waals surface area contributed by atoms with Gasteiger partial charge < -0.3 is 11.1 Å². The zero-order chi connectivity index (χ0) is 12.3. The number of rotatable bonds is 3. The van der Waals surface area contributed by atoms with Gasteiger partial charge in [0.15, 0.2) is 5.82 Å². The Morgan fingerprint density at radius 1 is 1.41 bits per heavy atom. The average molecular weight is 298 g/mol. The molecule has 2 rings (SSSR count). The van der Waals surface area contributed by atoms with Gasteiger partial charge in [0.2, 0.25) is 11.9 Å². The number of nitrogens with two attached hydrogens (primary N) is 1. The molecular formula is C8H8BrN7O. The number of nitrogens with zero attached hydrogens (tertiary/aromatic N) is 5. The van der Waals surface area contributed by atoms with E-state index in [-0.39, 0.29) is 18.4 Å². The lowest BCUT2D eigenvalue weighted by atomic mass is 10.5. The Kier molecular flexibility index (Phi) is 3.28. The number of hydrogen-bond donors (Lipinski definition) is 2. The van der Waals surface area contributed by atoms with Crippen LogP contribution in [0.15, 0.2) is 23.3 Å². The first-order chi connectivity index (χ1) is 8.13. The number of amides is 1. The molecule has 0 spiro atoms. The summed E-state index contributed by atoms with van der Waals surface area (Å²) < 4.78 is 1.93. The molecule has 8 nitrogen and oxygen atoms in total. The first-order valence-electron chi connectivity index (χ1n) is 4.56. The molecule has 2 heterocycles. The van der Waals surface area contributed by atoms with E-state index in [1.165, 1.54) is 23.4 Å². The van der Waals surface area contributed by atoms with Crippen LogP contribution in [0.4, 0.5) is 11.8 Å². The lowest BCUT2D eigenvalue weighted by molar-refractivity contribution is -0.116. The monoisotopic (exact) mass is 297 g/mol. The predicted octanol–water partition coefficient (Wildman–Crippen LogP) is 0.0515. The molecule has 2 aromatic heterocycles. The van der Waals surface area contributed by atoms with Crippen molar-refractivity contribution in [2.24, 2.45) is 0 Å². The van der Waals surface area contributed by atoms with Gasteiger partial charge in [-0.2, -0.15) is 0 Å². The third kappa shape index (κ3) is 3.21. The molecular weight excluding hydrogens is 290 g/mol. The minimum atomic E-state index is -0.286. The van der Waals surface area contributed by atoms with Crippen LogP contribution in [0.2, 0.25) is 0 Å². The second kappa shape index (κ2) is 4.87. The molecule has 88 valence electrons. The number of anilines is 2. The lowest BCUT2D eigenvalue weighted by Crippen LogP contribution is -2.19. The van der Waals surface area contributed by atoms with Crippen LogP contribution in [0.3, 0.4) is 0 Å². The maximum absolute atomic E-state index is 11.6. The van der Waals surface area contributed by atoms with Crippen molar-refractivity contribution in [2.75, 3.05) is 11.1 Å². The number of nitrogens with one attached hydrogen (secondary N) is 1. The molecule has 0 unspecified atom stereocenters. The van der Waals surface area contributed by atoms with Crippen molar-refractivity contribution < 1.29 is 4.79 Å². The zero-order valence-corrected chi connectivity index (χ0v) is 10.1. The van der Waals surface area contributed by atoms with Crippen LogP contribution < -0.4 is 11.1 Å². The van der Waals surface area contributed by atoms with E-state index in [0.29, 0.717) is 10.4 Å². The molecule has 3 N–H and O–H groups in total. The average Bonchev–Trinajstić information content (AvgIpc) is 2.67. The largest absolute Gasteiger partial charge is 0.367 e. The Morgan fingerprint density at radius 3 is 2.82 bits per heavy atom. The van der Waals surface area contributed by atoms with Gasteiger partial charge in [-0.25, -0.2) is 19.6 Å². The molecule has 0 aliphatic rings. The molecule has 0 fully saturated rings. The molecule has 0 radical (unpaired) electrons. The number of aromatic nitrogens is 5. The van der Waals surface area contributed by atoms with E-state index < -0.39 is 0 Å². The summed E-state index contributed by atoms with van der Waals surface area (Å²) in [5.74, 6) is 0.207. The molecule has 0 saturated heterocycles. The molecule has 17 heavy (non-hydrogen) atoms. The summed E-state index contributed by atoms with van der Waals surface area (Å²) in [5.41, 5.74) is 5.32. The lowest BCUT2D eigenvalue weighted by Gasteiger charge is -2.03. The topological polar surface area (TPSA) is 112 Å². The summed E-state index contributed by atoms with van der Waals surface area (Å²) in [6, 6.07) is 0. The van der Waals surface area contributed by atoms with Crippen LogP contribution >= 0.6 is 15.9 Å². The van der Waals surface area contributed by atoms with Crippen molar-refractivity contribution in [1.29, 1.82) is 0 Å². The van der Waals surface area contributed by atoms with Crippen molar-refractivity contribution in [2.45, 2.75) is 6.54 Å². The smallest absolute Gasteiger partial charge is 0.247 e. The maximum atomic E-state index is 11.6. The minimum Gasteiger partial charge on any atom is -0.367 e. The fourth-order valence-electron chi connectivity index (χ4n) is 1.09. The second-order valence-corrected chi connectivity index (χ2v) is 3.89. The summed E-state index contributed by atoms with van der Waals surface area (Å²) in [6.45, 7) is 0.0158. The van der Waals surface area contributed by atoms with E-state index in [1.807, 2.05) is 0 Å². The van der Waals surface area contributed by atoms with Crippen LogP contribution in [0.5, 0.6) is 0 Å². The van der Waals surface area contributed by atoms with Crippen molar-refractivity contribution in [3.05, 3.63) is 23.3 Å². The van der Waals surface area contributed by atoms with Gasteiger partial charge >= 0.3 is 0 Å². The van der Waals surface area contributed by atoms with Crippen LogP contribution in [0, 0.1) is 0 Å². The summed E-state index contributed by atoms with van der Waals surface area (Å²) in [6.07, 6.45) is 4.31. The van der Waals surface area contributed by atoms with Crippen LogP contribution in [-0.2, 0) is 11.3 Å². The second-order valence-electron chi connectivity index (χ2n) is 3.07. The third-order valence-electron chi connectivity index (χ3n) is 1.75. The fourth-order valence-corrected chi connectivity index (χ4v) is 1.30. The maximum Gasteiger partial charge on any atom is 0.247 e. The van der Waals surface area contributed by atoms with Gasteiger partial charge in [-0.05, 0) is 15.9 Å². The van der Waals surface area contributed by atoms with Gasteiger partial charge in [0.1, 0.15) is 17.5 Å². The minimum absolute atomic E-state index is 0.0158. The highest BCUT2D eigenvalue weighted by molar-refractivity contribution is 9.10. The Morgan fingerprint density at radius 2 is 2.24 bits per heavy atom. The molecule has 0 atom stereocenters. The van der Waals surface area contributed by atoms with E-state index in [1.54, 1.807) is 0 Å². The highest BCUT2D eigenvalue weighted by Gasteiger charge is 2.06. The molecule has 0 aromatic carbocycles. The molecule has 0 aliphatic heterocycles. The van der Waals surface area contributed by atoms with E-state index in [4.69, 9.17) is 5.73 Å². The van der Waals surface area contributed by atoms with Gasteiger partial charge in [-0.15, -0.1) is 5.10 Å². The quantitative estimate of drug-likeness (QED) is 0.828. The van der Waals surface area contributed by atoms with Gasteiger partial charge in [-0.1, -0.05) is 0 Å². The Bertz CT molecular complexity index is 523. The number of halogens is 1. The highest BCUT2D eigenvalue weighted by Crippen LogP contribution is 2.06. The molecule has 9 heteroatoms. The molecule has 2 aromatic rings. The number of carbonyl (C=O) groups is 1. The van der Waals surface area contributed by atoms with Gasteiger partial charge in [0.05, 0.1) is 12.4 Å². The normalized spacial score (nSPS) is 10.2. The molecule has 0 bridgehead atoms. The summed E-state index contributed by atoms with van der Waals surface area (Å²) in [7, 11) is 0. The molecule has 0 aliphatic carbocycles. The van der Waals surface area contributed by atoms with Crippen molar-refractivity contribution in [3.63, 3.8) is 0 Å². The highest BCUT2D eigenvalue weighted by atomic mass is 79.9. The zero-order valence-electron chi connectivity index (χ0n) is 8.54. The summed E-state index contributed by atoms with van der Waals surface area (Å²) >= 11 is 3.15. The van der Waals surface area contributed by atoms with E-state index in [2.05, 4.69) is 41.3 Å². The van der Waals surface area contributed by atoms with Gasteiger partial charge in [0, 0.05) is 0 Å². The van der Waals surface area contributed by atoms with Crippen LogP contribution in [0.25, 0.3) is 0 Å². The number of carbonyl (C=O) groups excluding carboxylic acids is 1. The van der Waals surface area contributed by atoms with Crippen molar-refractivity contribution in [1.82, 2.24) is 24.7 Å². The first kappa shape index (κ1) is 11.5. The van der Waals surface area contributed by atoms with E-state index in [9.17, 15) is 4.79 Å². The Labute approximate surface area is 104 Å². The number of hydrogen-bond acceptors (Lipinski definition) is 6. The third-order valence-corrected chi connectivity index (χ3v) is 2.16. The first-order valence-corrected chi connectivity index (χ1v) is 5.35. The van der Waals surface area contributed by atoms with Crippen molar-refractivity contribution >= 4 is 33.6 Å². The summed E-state index contributed by atoms with van der Waals surface area (Å²) in [4.78, 5) is 23.1. The SMILES string of the molecule is Nc1ncn(CC(=O)Nc2cnc(Br)cn2)n1. The van der Waals surface area contributed by atoms with E-state index >= 15 is 0 Å². The van der Waals surface area contributed by atoms with Crippen LogP contribution in [0.1, 0.15) is 0 Å². The van der Waals surface area contributed by atoms with E-state index in [0.717, 1.165) is 0 Å².